The van der Waals surface area contributed by atoms with E-state index in [1.165, 1.54) is 11.6 Å². The Labute approximate surface area is 182 Å². The minimum Gasteiger partial charge on any atom is -0.338 e. The van der Waals surface area contributed by atoms with Crippen molar-refractivity contribution in [2.24, 2.45) is 5.92 Å². The van der Waals surface area contributed by atoms with E-state index >= 15 is 0 Å². The molecule has 3 aliphatic heterocycles. The zero-order valence-corrected chi connectivity index (χ0v) is 17.6. The Bertz CT molecular complexity index is 980. The van der Waals surface area contributed by atoms with Crippen LogP contribution in [0.2, 0.25) is 0 Å². The molecule has 5 rings (SSSR count). The number of carbonyl (C=O) groups excluding carboxylic acids is 2. The van der Waals surface area contributed by atoms with Crippen LogP contribution in [0.15, 0.2) is 48.5 Å². The zero-order chi connectivity index (χ0) is 21.4. The maximum Gasteiger partial charge on any atom is 0.317 e. The summed E-state index contributed by atoms with van der Waals surface area (Å²) in [6, 6.07) is 14.7. The molecule has 0 aliphatic carbocycles. The van der Waals surface area contributed by atoms with E-state index in [0.717, 1.165) is 36.8 Å². The number of piperidine rings is 2. The van der Waals surface area contributed by atoms with Gasteiger partial charge in [-0.05, 0) is 60.9 Å². The van der Waals surface area contributed by atoms with Gasteiger partial charge in [0.2, 0.25) is 5.91 Å². The molecule has 2 fully saturated rings. The third-order valence-corrected chi connectivity index (χ3v) is 7.10. The first-order valence-electron chi connectivity index (χ1n) is 11.3. The second-order valence-corrected chi connectivity index (χ2v) is 8.85. The predicted octanol–water partition coefficient (Wildman–Crippen LogP) is 3.69. The highest BCUT2D eigenvalue weighted by atomic mass is 19.1. The van der Waals surface area contributed by atoms with Gasteiger partial charge in [-0.25, -0.2) is 9.18 Å². The average molecular weight is 422 g/mol. The second kappa shape index (κ2) is 8.33. The molecule has 162 valence electrons. The number of nitrogens with one attached hydrogen (secondary N) is 1. The summed E-state index contributed by atoms with van der Waals surface area (Å²) in [6.07, 6.45) is 3.87. The summed E-state index contributed by atoms with van der Waals surface area (Å²) >= 11 is 0. The molecule has 0 radical (unpaired) electrons. The number of carbonyl (C=O) groups is 2. The van der Waals surface area contributed by atoms with Crippen molar-refractivity contribution >= 4 is 11.9 Å². The molecule has 0 unspecified atom stereocenters. The number of benzene rings is 2. The Morgan fingerprint density at radius 3 is 2.81 bits per heavy atom. The minimum atomic E-state index is -0.232. The van der Waals surface area contributed by atoms with E-state index < -0.39 is 0 Å². The Kier molecular flexibility index (Phi) is 5.38. The molecule has 3 atom stereocenters. The predicted molar refractivity (Wildman–Crippen MR) is 116 cm³/mol. The van der Waals surface area contributed by atoms with Gasteiger partial charge in [0, 0.05) is 25.7 Å². The molecule has 0 saturated carbocycles. The quantitative estimate of drug-likeness (QED) is 0.822. The Morgan fingerprint density at radius 1 is 1.13 bits per heavy atom. The van der Waals surface area contributed by atoms with Gasteiger partial charge < -0.3 is 15.1 Å². The highest BCUT2D eigenvalue weighted by Gasteiger charge is 2.48. The van der Waals surface area contributed by atoms with Gasteiger partial charge in [0.15, 0.2) is 0 Å². The largest absolute Gasteiger partial charge is 0.338 e. The van der Waals surface area contributed by atoms with E-state index in [1.807, 2.05) is 34.1 Å². The number of nitrogens with zero attached hydrogens (tertiary/aromatic N) is 2. The van der Waals surface area contributed by atoms with Crippen LogP contribution in [-0.2, 0) is 17.6 Å². The normalized spacial score (nSPS) is 24.8. The van der Waals surface area contributed by atoms with Crippen molar-refractivity contribution in [3.05, 3.63) is 71.0 Å². The van der Waals surface area contributed by atoms with Gasteiger partial charge >= 0.3 is 6.03 Å². The zero-order valence-electron chi connectivity index (χ0n) is 17.6. The summed E-state index contributed by atoms with van der Waals surface area (Å²) in [4.78, 5) is 30.2. The van der Waals surface area contributed by atoms with Gasteiger partial charge in [-0.15, -0.1) is 0 Å². The summed E-state index contributed by atoms with van der Waals surface area (Å²) < 4.78 is 13.7. The number of hydrogen-bond acceptors (Lipinski definition) is 2. The first-order chi connectivity index (χ1) is 15.1. The standard InChI is InChI=1S/C25H28FN3O2/c26-19-8-9-20-18(15-19)11-14-28-22(20)16-23-21(24(28)30)7-4-13-29(23)25(31)27-12-10-17-5-2-1-3-6-17/h1-3,5-6,8-9,15,21-23H,4,7,10-14,16H2,(H,27,31)/t21-,22-,23-/m0/s1. The molecule has 2 aromatic rings. The van der Waals surface area contributed by atoms with Crippen molar-refractivity contribution in [2.45, 2.75) is 44.2 Å². The molecule has 3 heterocycles. The van der Waals surface area contributed by atoms with Crippen molar-refractivity contribution in [1.82, 2.24) is 15.1 Å². The molecule has 31 heavy (non-hydrogen) atoms. The molecule has 3 aliphatic rings. The lowest BCUT2D eigenvalue weighted by molar-refractivity contribution is -0.148. The third kappa shape index (κ3) is 3.80. The van der Waals surface area contributed by atoms with E-state index in [0.29, 0.717) is 26.1 Å². The second-order valence-electron chi connectivity index (χ2n) is 8.85. The molecule has 1 N–H and O–H groups in total. The maximum atomic E-state index is 13.7. The monoisotopic (exact) mass is 421 g/mol. The molecule has 6 heteroatoms. The van der Waals surface area contributed by atoms with Crippen LogP contribution in [-0.4, -0.2) is 47.4 Å². The van der Waals surface area contributed by atoms with E-state index in [2.05, 4.69) is 17.4 Å². The highest BCUT2D eigenvalue weighted by Crippen LogP contribution is 2.43. The summed E-state index contributed by atoms with van der Waals surface area (Å²) in [6.45, 7) is 1.88. The summed E-state index contributed by atoms with van der Waals surface area (Å²) in [5.74, 6) is -0.214. The summed E-state index contributed by atoms with van der Waals surface area (Å²) in [5, 5.41) is 3.06. The number of amides is 3. The van der Waals surface area contributed by atoms with Crippen molar-refractivity contribution in [3.8, 4) is 0 Å². The van der Waals surface area contributed by atoms with Crippen molar-refractivity contribution in [1.29, 1.82) is 0 Å². The smallest absolute Gasteiger partial charge is 0.317 e. The van der Waals surface area contributed by atoms with Gasteiger partial charge in [-0.1, -0.05) is 36.4 Å². The first kappa shape index (κ1) is 20.0. The van der Waals surface area contributed by atoms with Crippen LogP contribution in [0.25, 0.3) is 0 Å². The summed E-state index contributed by atoms with van der Waals surface area (Å²) in [7, 11) is 0. The fraction of sp³-hybridized carbons (Fsp3) is 0.440. The maximum absolute atomic E-state index is 13.7. The van der Waals surface area contributed by atoms with E-state index in [4.69, 9.17) is 0 Å². The Hall–Kier alpha value is -2.89. The molecule has 0 spiro atoms. The Morgan fingerprint density at radius 2 is 1.97 bits per heavy atom. The lowest BCUT2D eigenvalue weighted by Crippen LogP contribution is -2.61. The van der Waals surface area contributed by atoms with Crippen molar-refractivity contribution in [3.63, 3.8) is 0 Å². The summed E-state index contributed by atoms with van der Waals surface area (Å²) in [5.41, 5.74) is 3.21. The van der Waals surface area contributed by atoms with Crippen molar-refractivity contribution < 1.29 is 14.0 Å². The molecule has 5 nitrogen and oxygen atoms in total. The van der Waals surface area contributed by atoms with Crippen LogP contribution in [0.1, 0.15) is 42.0 Å². The van der Waals surface area contributed by atoms with Gasteiger partial charge in [0.25, 0.3) is 0 Å². The number of urea groups is 1. The van der Waals surface area contributed by atoms with Gasteiger partial charge in [-0.3, -0.25) is 4.79 Å². The van der Waals surface area contributed by atoms with Crippen LogP contribution < -0.4 is 5.32 Å². The number of halogens is 1. The molecule has 3 amide bonds. The molecule has 2 saturated heterocycles. The van der Waals surface area contributed by atoms with E-state index in [1.54, 1.807) is 6.07 Å². The van der Waals surface area contributed by atoms with Crippen LogP contribution in [0, 0.1) is 11.7 Å². The fourth-order valence-corrected chi connectivity index (χ4v) is 5.59. The number of fused-ring (bicyclic) bond motifs is 4. The topological polar surface area (TPSA) is 52.7 Å². The molecular weight excluding hydrogens is 393 g/mol. The number of hydrogen-bond donors (Lipinski definition) is 1. The van der Waals surface area contributed by atoms with E-state index in [9.17, 15) is 14.0 Å². The first-order valence-corrected chi connectivity index (χ1v) is 11.3. The van der Waals surface area contributed by atoms with Crippen LogP contribution in [0.4, 0.5) is 9.18 Å². The lowest BCUT2D eigenvalue weighted by Gasteiger charge is -2.51. The third-order valence-electron chi connectivity index (χ3n) is 7.10. The highest BCUT2D eigenvalue weighted by molar-refractivity contribution is 5.83. The van der Waals surface area contributed by atoms with Gasteiger partial charge in [0.05, 0.1) is 12.0 Å². The Balaban J connectivity index is 1.31. The SMILES string of the molecule is O=C1[C@H]2CCCN(C(=O)NCCc3ccccc3)[C@H]2C[C@H]2c3ccc(F)cc3CCN12. The van der Waals surface area contributed by atoms with Crippen LogP contribution in [0.3, 0.4) is 0 Å². The fourth-order valence-electron chi connectivity index (χ4n) is 5.59. The van der Waals surface area contributed by atoms with Crippen LogP contribution >= 0.6 is 0 Å². The number of likely N-dealkylation sites (tertiary alicyclic amines) is 1. The molecular formula is C25H28FN3O2. The molecule has 0 aromatic heterocycles. The molecule has 0 bridgehead atoms. The molecule has 2 aromatic carbocycles. The van der Waals surface area contributed by atoms with Crippen molar-refractivity contribution in [2.75, 3.05) is 19.6 Å². The van der Waals surface area contributed by atoms with Gasteiger partial charge in [-0.2, -0.15) is 0 Å². The minimum absolute atomic E-state index is 0.0733. The lowest BCUT2D eigenvalue weighted by atomic mass is 9.76. The van der Waals surface area contributed by atoms with E-state index in [-0.39, 0.29) is 35.8 Å². The van der Waals surface area contributed by atoms with Gasteiger partial charge in [0.1, 0.15) is 5.82 Å². The average Bonchev–Trinajstić information content (AvgIpc) is 2.79. The number of rotatable bonds is 3. The van der Waals surface area contributed by atoms with Crippen LogP contribution in [0.5, 0.6) is 0 Å².